The number of carbonyl (C=O) groups is 2. The standard InChI is InChI=1S/C16H17FN2O2S2/c1-3-11-8-14(23-10(11)2)16(21)19-18-15(20)9-22-13-7-5-4-6-12(13)17/h4-8H,3,9H2,1-2H3,(H,18,20)(H,19,21). The smallest absolute Gasteiger partial charge is 0.272 e. The van der Waals surface area contributed by atoms with Crippen LogP contribution in [-0.2, 0) is 11.2 Å². The Kier molecular flexibility index (Phi) is 6.18. The summed E-state index contributed by atoms with van der Waals surface area (Å²) in [6.45, 7) is 3.99. The van der Waals surface area contributed by atoms with Crippen molar-refractivity contribution in [2.24, 2.45) is 0 Å². The summed E-state index contributed by atoms with van der Waals surface area (Å²) in [5.74, 6) is -1.08. The Morgan fingerprint density at radius 2 is 2.00 bits per heavy atom. The van der Waals surface area contributed by atoms with Crippen LogP contribution in [0.15, 0.2) is 35.2 Å². The third-order valence-corrected chi connectivity index (χ3v) is 5.28. The third kappa shape index (κ3) is 4.80. The summed E-state index contributed by atoms with van der Waals surface area (Å²) < 4.78 is 13.4. The van der Waals surface area contributed by atoms with E-state index in [9.17, 15) is 14.0 Å². The number of carbonyl (C=O) groups excluding carboxylic acids is 2. The first-order valence-corrected chi connectivity index (χ1v) is 8.87. The Morgan fingerprint density at radius 3 is 2.65 bits per heavy atom. The van der Waals surface area contributed by atoms with Gasteiger partial charge in [-0.05, 0) is 37.1 Å². The number of halogens is 1. The van der Waals surface area contributed by atoms with E-state index in [1.807, 2.05) is 19.9 Å². The highest BCUT2D eigenvalue weighted by atomic mass is 32.2. The molecule has 4 nitrogen and oxygen atoms in total. The lowest BCUT2D eigenvalue weighted by Gasteiger charge is -2.06. The van der Waals surface area contributed by atoms with Gasteiger partial charge in [-0.2, -0.15) is 0 Å². The first-order valence-electron chi connectivity index (χ1n) is 7.07. The number of hydrogen-bond donors (Lipinski definition) is 2. The number of hydrazine groups is 1. The van der Waals surface area contributed by atoms with E-state index in [1.54, 1.807) is 18.2 Å². The summed E-state index contributed by atoms with van der Waals surface area (Å²) in [7, 11) is 0. The fraction of sp³-hybridized carbons (Fsp3) is 0.250. The van der Waals surface area contributed by atoms with Crippen LogP contribution >= 0.6 is 23.1 Å². The molecule has 0 atom stereocenters. The average Bonchev–Trinajstić information content (AvgIpc) is 2.93. The highest BCUT2D eigenvalue weighted by Gasteiger charge is 2.13. The number of hydrogen-bond acceptors (Lipinski definition) is 4. The molecule has 0 aliphatic rings. The van der Waals surface area contributed by atoms with Gasteiger partial charge in [-0.25, -0.2) is 4.39 Å². The molecule has 0 fully saturated rings. The predicted octanol–water partition coefficient (Wildman–Crippen LogP) is 3.31. The lowest BCUT2D eigenvalue weighted by atomic mass is 10.2. The SMILES string of the molecule is CCc1cc(C(=O)NNC(=O)CSc2ccccc2F)sc1C. The normalized spacial score (nSPS) is 10.4. The van der Waals surface area contributed by atoms with Crippen molar-refractivity contribution in [1.29, 1.82) is 0 Å². The number of rotatable bonds is 5. The molecule has 122 valence electrons. The Hall–Kier alpha value is -1.86. The molecule has 0 radical (unpaired) electrons. The minimum Gasteiger partial charge on any atom is -0.272 e. The number of thioether (sulfide) groups is 1. The fourth-order valence-electron chi connectivity index (χ4n) is 1.91. The van der Waals surface area contributed by atoms with Gasteiger partial charge in [0.1, 0.15) is 5.82 Å². The summed E-state index contributed by atoms with van der Waals surface area (Å²) in [6.07, 6.45) is 0.862. The first kappa shape index (κ1) is 17.5. The second-order valence-corrected chi connectivity index (χ2v) is 7.04. The molecule has 1 aromatic carbocycles. The molecule has 0 saturated heterocycles. The van der Waals surface area contributed by atoms with Crippen molar-refractivity contribution in [2.75, 3.05) is 5.75 Å². The van der Waals surface area contributed by atoms with E-state index in [0.29, 0.717) is 9.77 Å². The maximum Gasteiger partial charge on any atom is 0.279 e. The van der Waals surface area contributed by atoms with Crippen molar-refractivity contribution in [3.05, 3.63) is 51.5 Å². The summed E-state index contributed by atoms with van der Waals surface area (Å²) in [4.78, 5) is 25.8. The van der Waals surface area contributed by atoms with Crippen molar-refractivity contribution in [3.8, 4) is 0 Å². The molecule has 2 aromatic rings. The summed E-state index contributed by atoms with van der Waals surface area (Å²) in [6, 6.07) is 8.07. The van der Waals surface area contributed by atoms with Crippen molar-refractivity contribution in [1.82, 2.24) is 10.9 Å². The van der Waals surface area contributed by atoms with Crippen molar-refractivity contribution >= 4 is 34.9 Å². The summed E-state index contributed by atoms with van der Waals surface area (Å²) in [5, 5.41) is 0. The molecule has 0 saturated carbocycles. The molecule has 0 aliphatic carbocycles. The zero-order chi connectivity index (χ0) is 16.8. The second kappa shape index (κ2) is 8.12. The molecule has 2 rings (SSSR count). The van der Waals surface area contributed by atoms with E-state index in [1.165, 1.54) is 17.4 Å². The predicted molar refractivity (Wildman–Crippen MR) is 91.2 cm³/mol. The zero-order valence-electron chi connectivity index (χ0n) is 12.8. The average molecular weight is 352 g/mol. The van der Waals surface area contributed by atoms with Gasteiger partial charge >= 0.3 is 0 Å². The molecule has 7 heteroatoms. The van der Waals surface area contributed by atoms with Crippen LogP contribution in [0.3, 0.4) is 0 Å². The topological polar surface area (TPSA) is 58.2 Å². The number of amides is 2. The van der Waals surface area contributed by atoms with Gasteiger partial charge in [0.25, 0.3) is 5.91 Å². The minimum absolute atomic E-state index is 0.0187. The van der Waals surface area contributed by atoms with Crippen LogP contribution in [-0.4, -0.2) is 17.6 Å². The molecule has 2 amide bonds. The van der Waals surface area contributed by atoms with Crippen LogP contribution in [0.2, 0.25) is 0 Å². The van der Waals surface area contributed by atoms with Crippen molar-refractivity contribution < 1.29 is 14.0 Å². The lowest BCUT2D eigenvalue weighted by Crippen LogP contribution is -2.42. The van der Waals surface area contributed by atoms with E-state index in [4.69, 9.17) is 0 Å². The van der Waals surface area contributed by atoms with Crippen LogP contribution < -0.4 is 10.9 Å². The quantitative estimate of drug-likeness (QED) is 0.641. The Bertz CT molecular complexity index is 716. The van der Waals surface area contributed by atoms with Gasteiger partial charge in [0, 0.05) is 9.77 Å². The third-order valence-electron chi connectivity index (χ3n) is 3.14. The fourth-order valence-corrected chi connectivity index (χ4v) is 3.66. The molecule has 0 aliphatic heterocycles. The number of aryl methyl sites for hydroxylation is 2. The monoisotopic (exact) mass is 352 g/mol. The van der Waals surface area contributed by atoms with Gasteiger partial charge in [-0.1, -0.05) is 19.1 Å². The second-order valence-electron chi connectivity index (χ2n) is 4.77. The number of thiophene rings is 1. The van der Waals surface area contributed by atoms with Gasteiger partial charge in [-0.3, -0.25) is 20.4 Å². The highest BCUT2D eigenvalue weighted by Crippen LogP contribution is 2.22. The zero-order valence-corrected chi connectivity index (χ0v) is 14.4. The van der Waals surface area contributed by atoms with Gasteiger partial charge < -0.3 is 0 Å². The van der Waals surface area contributed by atoms with E-state index in [0.717, 1.165) is 28.6 Å². The minimum atomic E-state index is -0.393. The van der Waals surface area contributed by atoms with E-state index in [-0.39, 0.29) is 17.5 Å². The molecule has 1 aromatic heterocycles. The highest BCUT2D eigenvalue weighted by molar-refractivity contribution is 8.00. The molecule has 0 spiro atoms. The molecule has 1 heterocycles. The molecular weight excluding hydrogens is 335 g/mol. The van der Waals surface area contributed by atoms with E-state index >= 15 is 0 Å². The van der Waals surface area contributed by atoms with Crippen molar-refractivity contribution in [3.63, 3.8) is 0 Å². The van der Waals surface area contributed by atoms with E-state index in [2.05, 4.69) is 10.9 Å². The molecule has 0 unspecified atom stereocenters. The Labute approximate surface area is 142 Å². The molecule has 0 bridgehead atoms. The number of benzene rings is 1. The van der Waals surface area contributed by atoms with Crippen molar-refractivity contribution in [2.45, 2.75) is 25.2 Å². The van der Waals surface area contributed by atoms with Gasteiger partial charge in [0.2, 0.25) is 5.91 Å². The molecular formula is C16H17FN2O2S2. The maximum absolute atomic E-state index is 13.4. The first-order chi connectivity index (χ1) is 11.0. The van der Waals surface area contributed by atoms with Gasteiger partial charge in [0.15, 0.2) is 0 Å². The van der Waals surface area contributed by atoms with Crippen LogP contribution in [0, 0.1) is 12.7 Å². The maximum atomic E-state index is 13.4. The lowest BCUT2D eigenvalue weighted by molar-refractivity contribution is -0.119. The van der Waals surface area contributed by atoms with Crippen LogP contribution in [0.4, 0.5) is 4.39 Å². The Morgan fingerprint density at radius 1 is 1.26 bits per heavy atom. The Balaban J connectivity index is 1.82. The summed E-state index contributed by atoms with van der Waals surface area (Å²) in [5.41, 5.74) is 5.85. The van der Waals surface area contributed by atoms with Crippen LogP contribution in [0.5, 0.6) is 0 Å². The molecule has 2 N–H and O–H groups in total. The van der Waals surface area contributed by atoms with Gasteiger partial charge in [0.05, 0.1) is 10.6 Å². The summed E-state index contributed by atoms with van der Waals surface area (Å²) >= 11 is 2.47. The largest absolute Gasteiger partial charge is 0.279 e. The van der Waals surface area contributed by atoms with Crippen LogP contribution in [0.25, 0.3) is 0 Å². The van der Waals surface area contributed by atoms with Crippen LogP contribution in [0.1, 0.15) is 27.0 Å². The number of nitrogens with one attached hydrogen (secondary N) is 2. The molecule has 23 heavy (non-hydrogen) atoms. The van der Waals surface area contributed by atoms with Gasteiger partial charge in [-0.15, -0.1) is 23.1 Å². The van der Waals surface area contributed by atoms with E-state index < -0.39 is 5.91 Å².